The normalized spacial score (nSPS) is 13.5. The van der Waals surface area contributed by atoms with E-state index in [-0.39, 0.29) is 10.6 Å². The van der Waals surface area contributed by atoms with Gasteiger partial charge in [0.1, 0.15) is 0 Å². The average molecular weight is 214 g/mol. The van der Waals surface area contributed by atoms with Crippen LogP contribution in [0.25, 0.3) is 10.8 Å². The number of non-ortho nitro benzene ring substituents is 1. The maximum Gasteiger partial charge on any atom is 0.277 e. The van der Waals surface area contributed by atoms with Crippen molar-refractivity contribution in [2.75, 3.05) is 11.9 Å². The highest BCUT2D eigenvalue weighted by Crippen LogP contribution is 2.32. The predicted octanol–water partition coefficient (Wildman–Crippen LogP) is 2.72. The van der Waals surface area contributed by atoms with Gasteiger partial charge in [-0.1, -0.05) is 12.1 Å². The lowest BCUT2D eigenvalue weighted by atomic mass is 10.0. The number of anilines is 1. The van der Waals surface area contributed by atoms with E-state index in [9.17, 15) is 10.1 Å². The highest BCUT2D eigenvalue weighted by atomic mass is 16.6. The van der Waals surface area contributed by atoms with Crippen LogP contribution in [0.4, 0.5) is 11.4 Å². The van der Waals surface area contributed by atoms with E-state index in [0.29, 0.717) is 0 Å². The van der Waals surface area contributed by atoms with Crippen molar-refractivity contribution in [3.8, 4) is 0 Å². The summed E-state index contributed by atoms with van der Waals surface area (Å²) >= 11 is 0. The maximum atomic E-state index is 10.9. The van der Waals surface area contributed by atoms with Gasteiger partial charge in [-0.05, 0) is 29.5 Å². The van der Waals surface area contributed by atoms with Crippen LogP contribution < -0.4 is 5.32 Å². The zero-order chi connectivity index (χ0) is 11.1. The molecule has 0 saturated carbocycles. The first-order chi connectivity index (χ1) is 7.75. The third kappa shape index (κ3) is 1.23. The fourth-order valence-electron chi connectivity index (χ4n) is 2.22. The van der Waals surface area contributed by atoms with E-state index in [2.05, 4.69) is 5.32 Å². The van der Waals surface area contributed by atoms with Gasteiger partial charge in [0.25, 0.3) is 5.69 Å². The molecule has 1 N–H and O–H groups in total. The number of hydrogen-bond acceptors (Lipinski definition) is 3. The molecule has 1 aliphatic heterocycles. The summed E-state index contributed by atoms with van der Waals surface area (Å²) in [5, 5.41) is 15.8. The number of nitrogens with zero attached hydrogens (tertiary/aromatic N) is 1. The lowest BCUT2D eigenvalue weighted by Gasteiger charge is -2.03. The molecule has 3 rings (SSSR count). The molecule has 16 heavy (non-hydrogen) atoms. The molecule has 0 fully saturated rings. The summed E-state index contributed by atoms with van der Waals surface area (Å²) in [6, 6.07) is 9.11. The Balaban J connectivity index is 2.35. The largest absolute Gasteiger partial charge is 0.384 e. The Labute approximate surface area is 92.0 Å². The van der Waals surface area contributed by atoms with Crippen LogP contribution in [0.5, 0.6) is 0 Å². The fourth-order valence-corrected chi connectivity index (χ4v) is 2.22. The molecule has 0 atom stereocenters. The highest BCUT2D eigenvalue weighted by Gasteiger charge is 2.16. The Morgan fingerprint density at radius 1 is 1.31 bits per heavy atom. The first-order valence-electron chi connectivity index (χ1n) is 5.19. The SMILES string of the molecule is O=[N+]([O-])c1cccc2cc3c(cc12)CCN3. The smallest absolute Gasteiger partial charge is 0.277 e. The lowest BCUT2D eigenvalue weighted by Crippen LogP contribution is -1.91. The van der Waals surface area contributed by atoms with E-state index < -0.39 is 0 Å². The van der Waals surface area contributed by atoms with E-state index >= 15 is 0 Å². The second kappa shape index (κ2) is 3.20. The van der Waals surface area contributed by atoms with Crippen molar-refractivity contribution in [1.29, 1.82) is 0 Å². The second-order valence-corrected chi connectivity index (χ2v) is 3.94. The van der Waals surface area contributed by atoms with Crippen molar-refractivity contribution in [2.24, 2.45) is 0 Å². The van der Waals surface area contributed by atoms with Gasteiger partial charge in [-0.3, -0.25) is 10.1 Å². The van der Waals surface area contributed by atoms with Crippen LogP contribution in [0.15, 0.2) is 30.3 Å². The van der Waals surface area contributed by atoms with E-state index in [1.165, 1.54) is 5.56 Å². The van der Waals surface area contributed by atoms with Crippen LogP contribution in [0.2, 0.25) is 0 Å². The molecule has 2 aromatic rings. The zero-order valence-electron chi connectivity index (χ0n) is 8.56. The molecule has 0 aliphatic carbocycles. The third-order valence-corrected chi connectivity index (χ3v) is 2.99. The van der Waals surface area contributed by atoms with Crippen molar-refractivity contribution in [1.82, 2.24) is 0 Å². The first-order valence-corrected chi connectivity index (χ1v) is 5.19. The molecular weight excluding hydrogens is 204 g/mol. The summed E-state index contributed by atoms with van der Waals surface area (Å²) in [5.41, 5.74) is 2.46. The van der Waals surface area contributed by atoms with E-state index in [4.69, 9.17) is 0 Å². The lowest BCUT2D eigenvalue weighted by molar-refractivity contribution is -0.383. The van der Waals surface area contributed by atoms with E-state index in [0.717, 1.165) is 29.4 Å². The molecule has 0 unspecified atom stereocenters. The predicted molar refractivity (Wildman–Crippen MR) is 62.8 cm³/mol. The topological polar surface area (TPSA) is 55.2 Å². The third-order valence-electron chi connectivity index (χ3n) is 2.99. The van der Waals surface area contributed by atoms with Crippen LogP contribution >= 0.6 is 0 Å². The van der Waals surface area contributed by atoms with E-state index in [1.54, 1.807) is 12.1 Å². The fraction of sp³-hybridized carbons (Fsp3) is 0.167. The number of benzene rings is 2. The minimum Gasteiger partial charge on any atom is -0.384 e. The molecule has 80 valence electrons. The summed E-state index contributed by atoms with van der Waals surface area (Å²) in [7, 11) is 0. The van der Waals surface area contributed by atoms with Gasteiger partial charge in [-0.15, -0.1) is 0 Å². The molecule has 1 aliphatic rings. The minimum absolute atomic E-state index is 0.187. The van der Waals surface area contributed by atoms with Gasteiger partial charge in [0, 0.05) is 18.3 Å². The Morgan fingerprint density at radius 3 is 3.00 bits per heavy atom. The maximum absolute atomic E-state index is 10.9. The molecule has 0 bridgehead atoms. The van der Waals surface area contributed by atoms with Gasteiger partial charge in [-0.25, -0.2) is 0 Å². The van der Waals surface area contributed by atoms with Crippen molar-refractivity contribution in [3.05, 3.63) is 46.0 Å². The Bertz CT molecular complexity index is 593. The van der Waals surface area contributed by atoms with Crippen molar-refractivity contribution >= 4 is 22.1 Å². The summed E-state index contributed by atoms with van der Waals surface area (Å²) in [6.07, 6.45) is 0.942. The van der Waals surface area contributed by atoms with Crippen LogP contribution in [-0.4, -0.2) is 11.5 Å². The minimum atomic E-state index is -0.322. The second-order valence-electron chi connectivity index (χ2n) is 3.94. The van der Waals surface area contributed by atoms with Crippen molar-refractivity contribution in [2.45, 2.75) is 6.42 Å². The number of rotatable bonds is 1. The molecule has 4 heteroatoms. The molecular formula is C12H10N2O2. The van der Waals surface area contributed by atoms with Crippen molar-refractivity contribution < 1.29 is 4.92 Å². The van der Waals surface area contributed by atoms with Crippen molar-refractivity contribution in [3.63, 3.8) is 0 Å². The summed E-state index contributed by atoms with van der Waals surface area (Å²) in [5.74, 6) is 0. The molecule has 0 amide bonds. The van der Waals surface area contributed by atoms with Gasteiger partial charge >= 0.3 is 0 Å². The first kappa shape index (κ1) is 9.15. The Kier molecular flexibility index (Phi) is 1.83. The van der Waals surface area contributed by atoms with Gasteiger partial charge < -0.3 is 5.32 Å². The van der Waals surface area contributed by atoms with E-state index in [1.807, 2.05) is 18.2 Å². The number of nitro benzene ring substituents is 1. The summed E-state index contributed by atoms with van der Waals surface area (Å²) in [4.78, 5) is 10.6. The molecule has 0 aromatic heterocycles. The summed E-state index contributed by atoms with van der Waals surface area (Å²) in [6.45, 7) is 0.916. The molecule has 0 spiro atoms. The number of fused-ring (bicyclic) bond motifs is 2. The number of nitro groups is 1. The monoisotopic (exact) mass is 214 g/mol. The average Bonchev–Trinajstić information content (AvgIpc) is 2.71. The number of nitrogens with one attached hydrogen (secondary N) is 1. The van der Waals surface area contributed by atoms with Gasteiger partial charge in [0.2, 0.25) is 0 Å². The highest BCUT2D eigenvalue weighted by molar-refractivity contribution is 5.94. The molecule has 1 heterocycles. The standard InChI is InChI=1S/C12H10N2O2/c15-14(16)12-3-1-2-8-7-11-9(4-5-13-11)6-10(8)12/h1-3,6-7,13H,4-5H2. The Hall–Kier alpha value is -2.10. The number of hydrogen-bond donors (Lipinski definition) is 1. The van der Waals surface area contributed by atoms with Gasteiger partial charge in [0.15, 0.2) is 0 Å². The van der Waals surface area contributed by atoms with Crippen LogP contribution in [0, 0.1) is 10.1 Å². The molecule has 4 nitrogen and oxygen atoms in total. The van der Waals surface area contributed by atoms with Gasteiger partial charge in [-0.2, -0.15) is 0 Å². The van der Waals surface area contributed by atoms with Gasteiger partial charge in [0.05, 0.1) is 10.3 Å². The molecule has 2 aromatic carbocycles. The zero-order valence-corrected chi connectivity index (χ0v) is 8.56. The molecule has 0 radical (unpaired) electrons. The van der Waals surface area contributed by atoms with Crippen LogP contribution in [0.3, 0.4) is 0 Å². The molecule has 0 saturated heterocycles. The summed E-state index contributed by atoms with van der Waals surface area (Å²) < 4.78 is 0. The Morgan fingerprint density at radius 2 is 2.19 bits per heavy atom. The van der Waals surface area contributed by atoms with Crippen LogP contribution in [-0.2, 0) is 6.42 Å². The van der Waals surface area contributed by atoms with Crippen LogP contribution in [0.1, 0.15) is 5.56 Å². The quantitative estimate of drug-likeness (QED) is 0.586.